The van der Waals surface area contributed by atoms with E-state index in [9.17, 15) is 0 Å². The van der Waals surface area contributed by atoms with E-state index in [1.165, 1.54) is 76.8 Å². The smallest absolute Gasteiger partial charge is 0.0546 e. The third-order valence-electron chi connectivity index (χ3n) is 11.3. The van der Waals surface area contributed by atoms with E-state index < -0.39 is 0 Å². The maximum Gasteiger partial charge on any atom is 0.0546 e. The summed E-state index contributed by atoms with van der Waals surface area (Å²) in [6.45, 7) is 4.73. The third kappa shape index (κ3) is 4.70. The first-order chi connectivity index (χ1) is 25.6. The summed E-state index contributed by atoms with van der Waals surface area (Å²) >= 11 is 0. The Balaban J connectivity index is 1.30. The molecule has 0 fully saturated rings. The lowest BCUT2D eigenvalue weighted by molar-refractivity contribution is 0.660. The van der Waals surface area contributed by atoms with Crippen LogP contribution in [0.3, 0.4) is 0 Å². The summed E-state index contributed by atoms with van der Waals surface area (Å²) in [6.07, 6.45) is 0. The lowest BCUT2D eigenvalue weighted by Crippen LogP contribution is -2.17. The highest BCUT2D eigenvalue weighted by atomic mass is 15.1. The summed E-state index contributed by atoms with van der Waals surface area (Å²) in [5.74, 6) is 0. The molecule has 1 heteroatoms. The topological polar surface area (TPSA) is 3.24 Å². The van der Waals surface area contributed by atoms with Gasteiger partial charge in [0.1, 0.15) is 0 Å². The quantitative estimate of drug-likeness (QED) is 0.177. The molecule has 9 aromatic rings. The molecule has 0 saturated heterocycles. The van der Waals surface area contributed by atoms with Crippen LogP contribution in [0.5, 0.6) is 0 Å². The number of benzene rings is 9. The van der Waals surface area contributed by atoms with Gasteiger partial charge in [-0.25, -0.2) is 0 Å². The second-order valence-corrected chi connectivity index (χ2v) is 14.5. The van der Waals surface area contributed by atoms with Gasteiger partial charge < -0.3 is 4.90 Å². The highest BCUT2D eigenvalue weighted by molar-refractivity contribution is 6.07. The van der Waals surface area contributed by atoms with Crippen LogP contribution in [0.2, 0.25) is 0 Å². The lowest BCUT2D eigenvalue weighted by Gasteiger charge is -2.31. The molecule has 0 bridgehead atoms. The van der Waals surface area contributed by atoms with E-state index in [-0.39, 0.29) is 5.41 Å². The van der Waals surface area contributed by atoms with Gasteiger partial charge in [0.15, 0.2) is 0 Å². The number of fused-ring (bicyclic) bond motifs is 6. The van der Waals surface area contributed by atoms with Crippen molar-refractivity contribution < 1.29 is 0 Å². The summed E-state index contributed by atoms with van der Waals surface area (Å²) in [5.41, 5.74) is 13.5. The average Bonchev–Trinajstić information content (AvgIpc) is 3.43. The van der Waals surface area contributed by atoms with Gasteiger partial charge in [-0.1, -0.05) is 178 Å². The van der Waals surface area contributed by atoms with Crippen LogP contribution in [0, 0.1) is 0 Å². The van der Waals surface area contributed by atoms with Gasteiger partial charge in [-0.15, -0.1) is 0 Å². The van der Waals surface area contributed by atoms with Gasteiger partial charge in [0, 0.05) is 22.1 Å². The van der Waals surface area contributed by atoms with Crippen LogP contribution in [-0.2, 0) is 5.41 Å². The van der Waals surface area contributed by atoms with E-state index >= 15 is 0 Å². The molecule has 0 heterocycles. The number of rotatable bonds is 5. The first kappa shape index (κ1) is 30.4. The predicted octanol–water partition coefficient (Wildman–Crippen LogP) is 14.3. The Morgan fingerprint density at radius 1 is 0.346 bits per heavy atom. The van der Waals surface area contributed by atoms with Gasteiger partial charge in [0.25, 0.3) is 0 Å². The van der Waals surface area contributed by atoms with Crippen molar-refractivity contribution in [1.29, 1.82) is 0 Å². The molecule has 1 aliphatic carbocycles. The minimum Gasteiger partial charge on any atom is -0.309 e. The molecule has 52 heavy (non-hydrogen) atoms. The zero-order valence-corrected chi connectivity index (χ0v) is 29.3. The highest BCUT2D eigenvalue weighted by Gasteiger charge is 2.36. The highest BCUT2D eigenvalue weighted by Crippen LogP contribution is 2.52. The first-order valence-electron chi connectivity index (χ1n) is 18.2. The minimum absolute atomic E-state index is 0.129. The third-order valence-corrected chi connectivity index (χ3v) is 11.3. The number of nitrogens with zero attached hydrogens (tertiary/aromatic N) is 1. The molecule has 0 amide bonds. The van der Waals surface area contributed by atoms with Crippen LogP contribution < -0.4 is 4.90 Å². The van der Waals surface area contributed by atoms with E-state index in [4.69, 9.17) is 0 Å². The number of hydrogen-bond donors (Lipinski definition) is 0. The monoisotopic (exact) mass is 663 g/mol. The zero-order valence-electron chi connectivity index (χ0n) is 29.3. The molecule has 10 rings (SSSR count). The number of hydrogen-bond acceptors (Lipinski definition) is 1. The van der Waals surface area contributed by atoms with Crippen LogP contribution in [0.15, 0.2) is 188 Å². The van der Waals surface area contributed by atoms with Crippen molar-refractivity contribution >= 4 is 49.4 Å². The van der Waals surface area contributed by atoms with Crippen LogP contribution in [0.4, 0.5) is 17.1 Å². The Labute approximate surface area is 305 Å². The van der Waals surface area contributed by atoms with Gasteiger partial charge in [-0.05, 0) is 90.1 Å². The first-order valence-corrected chi connectivity index (χ1v) is 18.2. The molecule has 0 aliphatic heterocycles. The van der Waals surface area contributed by atoms with Crippen LogP contribution in [-0.4, -0.2) is 0 Å². The van der Waals surface area contributed by atoms with Crippen molar-refractivity contribution in [2.24, 2.45) is 0 Å². The molecule has 0 aromatic heterocycles. The van der Waals surface area contributed by atoms with Crippen molar-refractivity contribution in [3.8, 4) is 33.4 Å². The fourth-order valence-corrected chi connectivity index (χ4v) is 8.69. The second-order valence-electron chi connectivity index (χ2n) is 14.5. The summed E-state index contributed by atoms with van der Waals surface area (Å²) in [4.78, 5) is 2.52. The maximum atomic E-state index is 2.52. The maximum absolute atomic E-state index is 2.52. The fourth-order valence-electron chi connectivity index (χ4n) is 8.69. The standard InChI is InChI=1S/C51H37N/c1-51(2)47-26-10-9-23-44(47)45-31-29-38(33-48(45)51)52(49-27-13-19-36-16-5-8-22-42(36)49)50-32-37(41-24-11-17-34-14-3-6-20-39(34)41)28-30-46(50)43-25-12-18-35-15-4-7-21-40(35)43/h3-33H,1-2H3. The summed E-state index contributed by atoms with van der Waals surface area (Å²) in [6, 6.07) is 69.4. The van der Waals surface area contributed by atoms with Gasteiger partial charge in [0.05, 0.1) is 11.4 Å². The molecule has 0 unspecified atom stereocenters. The molecule has 0 spiro atoms. The molecule has 0 radical (unpaired) electrons. The Morgan fingerprint density at radius 2 is 0.865 bits per heavy atom. The van der Waals surface area contributed by atoms with Gasteiger partial charge in [-0.2, -0.15) is 0 Å². The van der Waals surface area contributed by atoms with E-state index in [1.54, 1.807) is 0 Å². The SMILES string of the molecule is CC1(C)c2ccccc2-c2ccc(N(c3cc(-c4cccc5ccccc45)ccc3-c3cccc4ccccc34)c3cccc4ccccc34)cc21. The van der Waals surface area contributed by atoms with Crippen LogP contribution >= 0.6 is 0 Å². The van der Waals surface area contributed by atoms with Crippen LogP contribution in [0.25, 0.3) is 65.7 Å². The molecular formula is C51H37N. The van der Waals surface area contributed by atoms with Gasteiger partial charge >= 0.3 is 0 Å². The Hall–Kier alpha value is -6.44. The minimum atomic E-state index is -0.129. The van der Waals surface area contributed by atoms with Gasteiger partial charge in [-0.3, -0.25) is 0 Å². The van der Waals surface area contributed by atoms with E-state index in [1.807, 2.05) is 0 Å². The van der Waals surface area contributed by atoms with E-state index in [0.29, 0.717) is 0 Å². The molecule has 0 atom stereocenters. The van der Waals surface area contributed by atoms with Crippen molar-refractivity contribution in [3.63, 3.8) is 0 Å². The van der Waals surface area contributed by atoms with E-state index in [2.05, 4.69) is 207 Å². The lowest BCUT2D eigenvalue weighted by atomic mass is 9.82. The summed E-state index contributed by atoms with van der Waals surface area (Å²) in [5, 5.41) is 7.40. The normalized spacial score (nSPS) is 13.0. The molecule has 246 valence electrons. The Morgan fingerprint density at radius 3 is 1.62 bits per heavy atom. The van der Waals surface area contributed by atoms with Crippen molar-refractivity contribution in [2.75, 3.05) is 4.90 Å². The Bertz CT molecular complexity index is 2820. The fraction of sp³-hybridized carbons (Fsp3) is 0.0588. The zero-order chi connectivity index (χ0) is 34.8. The van der Waals surface area contributed by atoms with Crippen molar-refractivity contribution in [3.05, 3.63) is 199 Å². The predicted molar refractivity (Wildman–Crippen MR) is 222 cm³/mol. The largest absolute Gasteiger partial charge is 0.309 e. The molecular weight excluding hydrogens is 627 g/mol. The second kappa shape index (κ2) is 11.8. The molecule has 9 aromatic carbocycles. The van der Waals surface area contributed by atoms with Crippen LogP contribution in [0.1, 0.15) is 25.0 Å². The van der Waals surface area contributed by atoms with E-state index in [0.717, 1.165) is 17.1 Å². The van der Waals surface area contributed by atoms with Crippen molar-refractivity contribution in [2.45, 2.75) is 19.3 Å². The molecule has 1 aliphatic rings. The summed E-state index contributed by atoms with van der Waals surface area (Å²) in [7, 11) is 0. The molecule has 1 nitrogen and oxygen atoms in total. The average molecular weight is 664 g/mol. The van der Waals surface area contributed by atoms with Crippen molar-refractivity contribution in [1.82, 2.24) is 0 Å². The molecule has 0 saturated carbocycles. The molecule has 0 N–H and O–H groups in total. The Kier molecular flexibility index (Phi) is 6.91. The van der Waals surface area contributed by atoms with Gasteiger partial charge in [0.2, 0.25) is 0 Å². The number of anilines is 3. The summed E-state index contributed by atoms with van der Waals surface area (Å²) < 4.78 is 0.